The molecule has 1 aromatic heterocycles. The standard InChI is InChI=1S/C20H19F3N4OS/c1-12-6-4-9-16(13(12)2)24-17-18(28)27(3)19(26-25-17)29-11-14-7-5-8-15(10-14)20(21,22)23/h4-10H,11H2,1-3H3,(H,24,25). The maximum absolute atomic E-state index is 12.8. The van der Waals surface area contributed by atoms with Crippen molar-refractivity contribution in [2.75, 3.05) is 5.32 Å². The third-order valence-corrected chi connectivity index (χ3v) is 5.60. The lowest BCUT2D eigenvalue weighted by molar-refractivity contribution is -0.137. The zero-order chi connectivity index (χ0) is 21.2. The van der Waals surface area contributed by atoms with E-state index in [0.29, 0.717) is 10.7 Å². The molecule has 152 valence electrons. The van der Waals surface area contributed by atoms with Gasteiger partial charge in [-0.2, -0.15) is 13.2 Å². The van der Waals surface area contributed by atoms with Gasteiger partial charge in [0, 0.05) is 18.5 Å². The Morgan fingerprint density at radius 1 is 1.10 bits per heavy atom. The predicted molar refractivity (Wildman–Crippen MR) is 107 cm³/mol. The van der Waals surface area contributed by atoms with Gasteiger partial charge < -0.3 is 5.32 Å². The molecule has 0 aliphatic carbocycles. The topological polar surface area (TPSA) is 59.8 Å². The maximum Gasteiger partial charge on any atom is 0.416 e. The van der Waals surface area contributed by atoms with E-state index in [1.807, 2.05) is 32.0 Å². The van der Waals surface area contributed by atoms with Crippen LogP contribution in [0.15, 0.2) is 52.4 Å². The van der Waals surface area contributed by atoms with Crippen LogP contribution in [0.5, 0.6) is 0 Å². The second-order valence-electron chi connectivity index (χ2n) is 6.55. The van der Waals surface area contributed by atoms with Crippen molar-refractivity contribution in [3.05, 3.63) is 75.1 Å². The van der Waals surface area contributed by atoms with Gasteiger partial charge in [-0.15, -0.1) is 10.2 Å². The van der Waals surface area contributed by atoms with Gasteiger partial charge in [-0.25, -0.2) is 0 Å². The van der Waals surface area contributed by atoms with Gasteiger partial charge in [-0.3, -0.25) is 9.36 Å². The molecule has 29 heavy (non-hydrogen) atoms. The summed E-state index contributed by atoms with van der Waals surface area (Å²) in [7, 11) is 1.56. The summed E-state index contributed by atoms with van der Waals surface area (Å²) >= 11 is 1.15. The van der Waals surface area contributed by atoms with Crippen LogP contribution >= 0.6 is 11.8 Å². The molecule has 0 fully saturated rings. The Labute approximate surface area is 170 Å². The Bertz CT molecular complexity index is 1100. The number of alkyl halides is 3. The van der Waals surface area contributed by atoms with Crippen LogP contribution in [-0.4, -0.2) is 14.8 Å². The lowest BCUT2D eigenvalue weighted by Crippen LogP contribution is -2.24. The fourth-order valence-electron chi connectivity index (χ4n) is 2.65. The van der Waals surface area contributed by atoms with Crippen molar-refractivity contribution in [3.8, 4) is 0 Å². The Kier molecular flexibility index (Phi) is 5.97. The van der Waals surface area contributed by atoms with Gasteiger partial charge in [0.2, 0.25) is 5.82 Å². The van der Waals surface area contributed by atoms with Crippen molar-refractivity contribution >= 4 is 23.3 Å². The molecule has 0 bridgehead atoms. The van der Waals surface area contributed by atoms with E-state index >= 15 is 0 Å². The third kappa shape index (κ3) is 4.79. The number of hydrogen-bond acceptors (Lipinski definition) is 5. The Morgan fingerprint density at radius 3 is 2.55 bits per heavy atom. The van der Waals surface area contributed by atoms with E-state index in [1.54, 1.807) is 13.1 Å². The summed E-state index contributed by atoms with van der Waals surface area (Å²) in [5, 5.41) is 11.4. The summed E-state index contributed by atoms with van der Waals surface area (Å²) < 4.78 is 39.9. The number of aryl methyl sites for hydroxylation is 1. The van der Waals surface area contributed by atoms with E-state index in [9.17, 15) is 18.0 Å². The van der Waals surface area contributed by atoms with Crippen molar-refractivity contribution in [2.24, 2.45) is 7.05 Å². The normalized spacial score (nSPS) is 11.5. The van der Waals surface area contributed by atoms with Crippen LogP contribution in [0.4, 0.5) is 24.7 Å². The molecule has 3 rings (SSSR count). The molecule has 3 aromatic rings. The smallest absolute Gasteiger partial charge is 0.334 e. The average Bonchev–Trinajstić information content (AvgIpc) is 2.68. The van der Waals surface area contributed by atoms with E-state index in [2.05, 4.69) is 15.5 Å². The summed E-state index contributed by atoms with van der Waals surface area (Å²) in [5.74, 6) is 0.319. The molecule has 9 heteroatoms. The highest BCUT2D eigenvalue weighted by Crippen LogP contribution is 2.31. The van der Waals surface area contributed by atoms with E-state index in [4.69, 9.17) is 0 Å². The summed E-state index contributed by atoms with van der Waals surface area (Å²) in [5.41, 5.74) is 2.25. The SMILES string of the molecule is Cc1cccc(Nc2nnc(SCc3cccc(C(F)(F)F)c3)n(C)c2=O)c1C. The lowest BCUT2D eigenvalue weighted by atomic mass is 10.1. The number of halogens is 3. The summed E-state index contributed by atoms with van der Waals surface area (Å²) in [4.78, 5) is 12.6. The monoisotopic (exact) mass is 420 g/mol. The molecule has 5 nitrogen and oxygen atoms in total. The molecule has 0 amide bonds. The number of rotatable bonds is 5. The van der Waals surface area contributed by atoms with Crippen LogP contribution in [-0.2, 0) is 19.0 Å². The molecule has 2 aromatic carbocycles. The molecule has 0 atom stereocenters. The number of nitrogens with zero attached hydrogens (tertiary/aromatic N) is 3. The van der Waals surface area contributed by atoms with Crippen LogP contribution in [0, 0.1) is 13.8 Å². The maximum atomic E-state index is 12.8. The molecule has 0 radical (unpaired) electrons. The van der Waals surface area contributed by atoms with Gasteiger partial charge in [-0.05, 0) is 42.7 Å². The van der Waals surface area contributed by atoms with Gasteiger partial charge in [0.1, 0.15) is 0 Å². The Hall–Kier alpha value is -2.81. The van der Waals surface area contributed by atoms with Gasteiger partial charge in [-0.1, -0.05) is 42.1 Å². The average molecular weight is 420 g/mol. The number of benzene rings is 2. The van der Waals surface area contributed by atoms with Gasteiger partial charge in [0.15, 0.2) is 5.16 Å². The zero-order valence-corrected chi connectivity index (χ0v) is 16.9. The number of thioether (sulfide) groups is 1. The largest absolute Gasteiger partial charge is 0.416 e. The molecule has 0 unspecified atom stereocenters. The fourth-order valence-corrected chi connectivity index (χ4v) is 3.50. The molecule has 0 spiro atoms. The van der Waals surface area contributed by atoms with Crippen LogP contribution < -0.4 is 10.9 Å². The fraction of sp³-hybridized carbons (Fsp3) is 0.250. The van der Waals surface area contributed by atoms with Crippen molar-refractivity contribution in [3.63, 3.8) is 0 Å². The molecule has 0 aliphatic heterocycles. The third-order valence-electron chi connectivity index (χ3n) is 4.51. The molecular formula is C20H19F3N4OS. The number of anilines is 2. The van der Waals surface area contributed by atoms with Crippen molar-refractivity contribution in [1.82, 2.24) is 14.8 Å². The second-order valence-corrected chi connectivity index (χ2v) is 7.50. The molecule has 0 aliphatic rings. The molecule has 0 saturated heterocycles. The summed E-state index contributed by atoms with van der Waals surface area (Å²) in [6.45, 7) is 3.91. The molecule has 1 N–H and O–H groups in total. The van der Waals surface area contributed by atoms with Crippen LogP contribution in [0.3, 0.4) is 0 Å². The molecule has 0 saturated carbocycles. The Morgan fingerprint density at radius 2 is 1.83 bits per heavy atom. The first-order valence-corrected chi connectivity index (χ1v) is 9.71. The predicted octanol–water partition coefficient (Wildman–Crippen LogP) is 4.85. The van der Waals surface area contributed by atoms with Crippen LogP contribution in [0.25, 0.3) is 0 Å². The zero-order valence-electron chi connectivity index (χ0n) is 16.0. The highest BCUT2D eigenvalue weighted by atomic mass is 32.2. The molecular weight excluding hydrogens is 401 g/mol. The van der Waals surface area contributed by atoms with Crippen molar-refractivity contribution < 1.29 is 13.2 Å². The van der Waals surface area contributed by atoms with E-state index in [0.717, 1.165) is 40.7 Å². The first kappa shape index (κ1) is 20.9. The summed E-state index contributed by atoms with van der Waals surface area (Å²) in [6, 6.07) is 10.8. The highest BCUT2D eigenvalue weighted by Gasteiger charge is 2.30. The second kappa shape index (κ2) is 8.28. The summed E-state index contributed by atoms with van der Waals surface area (Å²) in [6.07, 6.45) is -4.39. The van der Waals surface area contributed by atoms with Gasteiger partial charge in [0.05, 0.1) is 5.56 Å². The van der Waals surface area contributed by atoms with E-state index in [-0.39, 0.29) is 17.1 Å². The quantitative estimate of drug-likeness (QED) is 0.598. The van der Waals surface area contributed by atoms with E-state index < -0.39 is 11.7 Å². The minimum absolute atomic E-state index is 0.0876. The lowest BCUT2D eigenvalue weighted by Gasteiger charge is -2.12. The van der Waals surface area contributed by atoms with Gasteiger partial charge >= 0.3 is 6.18 Å². The van der Waals surface area contributed by atoms with Crippen LogP contribution in [0.2, 0.25) is 0 Å². The number of hydrogen-bond donors (Lipinski definition) is 1. The first-order valence-electron chi connectivity index (χ1n) is 8.72. The van der Waals surface area contributed by atoms with E-state index in [1.165, 1.54) is 10.6 Å². The van der Waals surface area contributed by atoms with Gasteiger partial charge in [0.25, 0.3) is 5.56 Å². The van der Waals surface area contributed by atoms with Crippen molar-refractivity contribution in [2.45, 2.75) is 30.9 Å². The van der Waals surface area contributed by atoms with Crippen molar-refractivity contribution in [1.29, 1.82) is 0 Å². The number of nitrogens with one attached hydrogen (secondary N) is 1. The van der Waals surface area contributed by atoms with Crippen LogP contribution in [0.1, 0.15) is 22.3 Å². The first-order chi connectivity index (χ1) is 13.7. The molecule has 1 heterocycles. The highest BCUT2D eigenvalue weighted by molar-refractivity contribution is 7.98. The Balaban J connectivity index is 1.78. The number of aromatic nitrogens is 3. The minimum atomic E-state index is -4.39. The minimum Gasteiger partial charge on any atom is -0.334 e.